The third kappa shape index (κ3) is 3.61. The zero-order valence-electron chi connectivity index (χ0n) is 12.9. The van der Waals surface area contributed by atoms with Crippen LogP contribution in [0.5, 0.6) is 5.75 Å². The monoisotopic (exact) mass is 290 g/mol. The number of rotatable bonds is 4. The van der Waals surface area contributed by atoms with Gasteiger partial charge in [-0.2, -0.15) is 5.10 Å². The largest absolute Gasteiger partial charge is 0.490 e. The first kappa shape index (κ1) is 15.5. The molecule has 1 heterocycles. The first-order valence-electron chi connectivity index (χ1n) is 7.17. The van der Waals surface area contributed by atoms with Crippen molar-refractivity contribution in [2.45, 2.75) is 40.2 Å². The minimum atomic E-state index is -0.499. The molecule has 1 aliphatic rings. The summed E-state index contributed by atoms with van der Waals surface area (Å²) < 4.78 is 5.66. The second-order valence-electron chi connectivity index (χ2n) is 5.74. The lowest BCUT2D eigenvalue weighted by atomic mass is 9.92. The van der Waals surface area contributed by atoms with Crippen molar-refractivity contribution in [3.05, 3.63) is 28.8 Å². The lowest BCUT2D eigenvalue weighted by Gasteiger charge is -2.21. The lowest BCUT2D eigenvalue weighted by molar-refractivity contribution is -0.121. The van der Waals surface area contributed by atoms with E-state index < -0.39 is 6.10 Å². The maximum absolute atomic E-state index is 11.3. The summed E-state index contributed by atoms with van der Waals surface area (Å²) in [7, 11) is 0. The highest BCUT2D eigenvalue weighted by molar-refractivity contribution is 6.06. The van der Waals surface area contributed by atoms with Gasteiger partial charge in [0.15, 0.2) is 0 Å². The summed E-state index contributed by atoms with van der Waals surface area (Å²) in [6.07, 6.45) is -0.0431. The predicted octanol–water partition coefficient (Wildman–Crippen LogP) is 1.92. The van der Waals surface area contributed by atoms with Crippen LogP contribution in [-0.2, 0) is 4.79 Å². The van der Waals surface area contributed by atoms with Gasteiger partial charge in [0.05, 0.1) is 11.8 Å². The summed E-state index contributed by atoms with van der Waals surface area (Å²) in [6.45, 7) is 7.91. The molecule has 2 rings (SSSR count). The zero-order chi connectivity index (χ0) is 15.6. The Hall–Kier alpha value is -1.88. The van der Waals surface area contributed by atoms with Crippen molar-refractivity contribution in [2.75, 3.05) is 6.61 Å². The minimum Gasteiger partial charge on any atom is -0.490 e. The lowest BCUT2D eigenvalue weighted by Crippen LogP contribution is -2.32. The van der Waals surface area contributed by atoms with E-state index in [1.807, 2.05) is 32.9 Å². The standard InChI is InChI=1S/C16H22N2O3/c1-9-7-14(20)17-18-15(9)13-5-10(2)16(11(3)6-13)21-8-12(4)19/h5-6,9,12,19H,7-8H2,1-4H3,(H,17,20). The summed E-state index contributed by atoms with van der Waals surface area (Å²) >= 11 is 0. The fourth-order valence-electron chi connectivity index (χ4n) is 2.53. The Bertz CT molecular complexity index is 556. The van der Waals surface area contributed by atoms with Gasteiger partial charge in [0.1, 0.15) is 12.4 Å². The van der Waals surface area contributed by atoms with E-state index in [1.165, 1.54) is 0 Å². The number of aliphatic hydroxyl groups excluding tert-OH is 1. The van der Waals surface area contributed by atoms with Gasteiger partial charge < -0.3 is 9.84 Å². The number of nitrogens with one attached hydrogen (secondary N) is 1. The van der Waals surface area contributed by atoms with Crippen LogP contribution in [-0.4, -0.2) is 29.4 Å². The molecule has 0 radical (unpaired) electrons. The molecular weight excluding hydrogens is 268 g/mol. The molecule has 21 heavy (non-hydrogen) atoms. The van der Waals surface area contributed by atoms with Crippen molar-refractivity contribution in [1.29, 1.82) is 0 Å². The molecule has 5 heteroatoms. The normalized spacial score (nSPS) is 19.8. The predicted molar refractivity (Wildman–Crippen MR) is 81.6 cm³/mol. The maximum Gasteiger partial charge on any atom is 0.240 e. The van der Waals surface area contributed by atoms with E-state index in [2.05, 4.69) is 10.5 Å². The van der Waals surface area contributed by atoms with Gasteiger partial charge in [-0.25, -0.2) is 5.43 Å². The van der Waals surface area contributed by atoms with Gasteiger partial charge >= 0.3 is 0 Å². The number of aryl methyl sites for hydroxylation is 2. The van der Waals surface area contributed by atoms with Gasteiger partial charge in [0.25, 0.3) is 0 Å². The molecule has 0 fully saturated rings. The average molecular weight is 290 g/mol. The third-order valence-corrected chi connectivity index (χ3v) is 3.48. The molecule has 0 spiro atoms. The Kier molecular flexibility index (Phi) is 4.63. The van der Waals surface area contributed by atoms with Crippen LogP contribution in [0.15, 0.2) is 17.2 Å². The molecule has 5 nitrogen and oxygen atoms in total. The SMILES string of the molecule is Cc1cc(C2=NNC(=O)CC2C)cc(C)c1OCC(C)O. The number of hydrogen-bond acceptors (Lipinski definition) is 4. The molecule has 1 amide bonds. The van der Waals surface area contributed by atoms with Gasteiger partial charge in [-0.15, -0.1) is 0 Å². The smallest absolute Gasteiger partial charge is 0.240 e. The molecule has 1 aromatic rings. The number of hydrazone groups is 1. The molecule has 2 atom stereocenters. The van der Waals surface area contributed by atoms with E-state index in [9.17, 15) is 9.90 Å². The number of ether oxygens (including phenoxy) is 1. The molecule has 1 aliphatic heterocycles. The zero-order valence-corrected chi connectivity index (χ0v) is 12.9. The second-order valence-corrected chi connectivity index (χ2v) is 5.74. The molecule has 2 N–H and O–H groups in total. The Balaban J connectivity index is 2.29. The second kappa shape index (κ2) is 6.26. The van der Waals surface area contributed by atoms with E-state index in [0.29, 0.717) is 6.42 Å². The van der Waals surface area contributed by atoms with Crippen LogP contribution in [0.25, 0.3) is 0 Å². The number of benzene rings is 1. The van der Waals surface area contributed by atoms with Gasteiger partial charge in [-0.05, 0) is 49.6 Å². The van der Waals surface area contributed by atoms with Crippen LogP contribution in [0.4, 0.5) is 0 Å². The van der Waals surface area contributed by atoms with E-state index >= 15 is 0 Å². The number of amides is 1. The molecule has 114 valence electrons. The van der Waals surface area contributed by atoms with Crippen LogP contribution < -0.4 is 10.2 Å². The minimum absolute atomic E-state index is 0.0448. The molecule has 0 aliphatic carbocycles. The quantitative estimate of drug-likeness (QED) is 0.890. The van der Waals surface area contributed by atoms with Crippen LogP contribution in [0.3, 0.4) is 0 Å². The molecular formula is C16H22N2O3. The number of nitrogens with zero attached hydrogens (tertiary/aromatic N) is 1. The topological polar surface area (TPSA) is 70.9 Å². The van der Waals surface area contributed by atoms with Crippen molar-refractivity contribution < 1.29 is 14.6 Å². The van der Waals surface area contributed by atoms with E-state index in [-0.39, 0.29) is 18.4 Å². The van der Waals surface area contributed by atoms with Gasteiger partial charge in [0, 0.05) is 12.3 Å². The van der Waals surface area contributed by atoms with Gasteiger partial charge in [-0.3, -0.25) is 4.79 Å². The van der Waals surface area contributed by atoms with Crippen molar-refractivity contribution in [1.82, 2.24) is 5.43 Å². The number of carbonyl (C=O) groups is 1. The highest BCUT2D eigenvalue weighted by Gasteiger charge is 2.22. The summed E-state index contributed by atoms with van der Waals surface area (Å²) in [5.41, 5.74) is 6.43. The van der Waals surface area contributed by atoms with Crippen molar-refractivity contribution in [3.8, 4) is 5.75 Å². The Morgan fingerprint density at radius 2 is 2.05 bits per heavy atom. The number of hydrogen-bond donors (Lipinski definition) is 2. The number of carbonyl (C=O) groups excluding carboxylic acids is 1. The van der Waals surface area contributed by atoms with Crippen molar-refractivity contribution in [2.24, 2.45) is 11.0 Å². The highest BCUT2D eigenvalue weighted by Crippen LogP contribution is 2.27. The molecule has 0 aromatic heterocycles. The van der Waals surface area contributed by atoms with Gasteiger partial charge in [-0.1, -0.05) is 6.92 Å². The number of aliphatic hydroxyl groups is 1. The van der Waals surface area contributed by atoms with Crippen molar-refractivity contribution >= 4 is 11.6 Å². The molecule has 0 bridgehead atoms. The van der Waals surface area contributed by atoms with Crippen LogP contribution in [0.2, 0.25) is 0 Å². The first-order valence-corrected chi connectivity index (χ1v) is 7.17. The Labute approximate surface area is 125 Å². The molecule has 0 saturated carbocycles. The van der Waals surface area contributed by atoms with Gasteiger partial charge in [0.2, 0.25) is 5.91 Å². The van der Waals surface area contributed by atoms with E-state index in [0.717, 1.165) is 28.2 Å². The maximum atomic E-state index is 11.3. The summed E-state index contributed by atoms with van der Waals surface area (Å²) in [6, 6.07) is 4.02. The van der Waals surface area contributed by atoms with Crippen LogP contribution in [0.1, 0.15) is 37.0 Å². The van der Waals surface area contributed by atoms with Crippen molar-refractivity contribution in [3.63, 3.8) is 0 Å². The fraction of sp³-hybridized carbons (Fsp3) is 0.500. The fourth-order valence-corrected chi connectivity index (χ4v) is 2.53. The van der Waals surface area contributed by atoms with E-state index in [4.69, 9.17) is 4.74 Å². The first-order chi connectivity index (χ1) is 9.88. The molecule has 2 unspecified atom stereocenters. The summed E-state index contributed by atoms with van der Waals surface area (Å²) in [5.74, 6) is 0.853. The highest BCUT2D eigenvalue weighted by atomic mass is 16.5. The Morgan fingerprint density at radius 1 is 1.43 bits per heavy atom. The van der Waals surface area contributed by atoms with Crippen LogP contribution >= 0.6 is 0 Å². The molecule has 1 aromatic carbocycles. The Morgan fingerprint density at radius 3 is 2.57 bits per heavy atom. The average Bonchev–Trinajstić information content (AvgIpc) is 2.37. The third-order valence-electron chi connectivity index (χ3n) is 3.48. The summed E-state index contributed by atoms with van der Waals surface area (Å²) in [4.78, 5) is 11.3. The molecule has 0 saturated heterocycles. The van der Waals surface area contributed by atoms with Crippen LogP contribution in [0, 0.1) is 19.8 Å². The summed E-state index contributed by atoms with van der Waals surface area (Å²) in [5, 5.41) is 13.5. The van der Waals surface area contributed by atoms with E-state index in [1.54, 1.807) is 6.92 Å².